The lowest BCUT2D eigenvalue weighted by molar-refractivity contribution is 0.288. The van der Waals surface area contributed by atoms with Gasteiger partial charge >= 0.3 is 0 Å². The Morgan fingerprint density at radius 1 is 1.08 bits per heavy atom. The first-order valence-electron chi connectivity index (χ1n) is 8.41. The molecule has 0 saturated heterocycles. The van der Waals surface area contributed by atoms with Crippen molar-refractivity contribution in [3.8, 4) is 11.5 Å². The molecule has 1 heterocycles. The molecule has 0 saturated carbocycles. The maximum absolute atomic E-state index is 5.94. The Morgan fingerprint density at radius 3 is 2.69 bits per heavy atom. The van der Waals surface area contributed by atoms with E-state index in [0.29, 0.717) is 6.61 Å². The average Bonchev–Trinajstić information content (AvgIpc) is 3.01. The smallest absolute Gasteiger partial charge is 0.191 e. The third-order valence-corrected chi connectivity index (χ3v) is 5.43. The van der Waals surface area contributed by atoms with Crippen LogP contribution in [-0.4, -0.2) is 21.9 Å². The number of rotatable bonds is 7. The van der Waals surface area contributed by atoms with E-state index in [1.807, 2.05) is 41.9 Å². The van der Waals surface area contributed by atoms with Crippen LogP contribution in [0.3, 0.4) is 0 Å². The molecule has 0 aliphatic carbocycles. The van der Waals surface area contributed by atoms with Gasteiger partial charge in [-0.1, -0.05) is 36.0 Å². The van der Waals surface area contributed by atoms with Crippen LogP contribution in [0.5, 0.6) is 11.5 Å². The molecule has 0 radical (unpaired) electrons. The second-order valence-corrected chi connectivity index (χ2v) is 7.03. The van der Waals surface area contributed by atoms with E-state index in [2.05, 4.69) is 36.2 Å². The molecule has 0 bridgehead atoms. The summed E-state index contributed by atoms with van der Waals surface area (Å²) in [7, 11) is 3.65. The van der Waals surface area contributed by atoms with E-state index in [4.69, 9.17) is 9.47 Å². The second-order valence-electron chi connectivity index (χ2n) is 6.08. The summed E-state index contributed by atoms with van der Waals surface area (Å²) in [4.78, 5) is 0. The van der Waals surface area contributed by atoms with Crippen molar-refractivity contribution in [2.24, 2.45) is 7.05 Å². The lowest BCUT2D eigenvalue weighted by atomic mass is 10.1. The van der Waals surface area contributed by atoms with E-state index in [1.54, 1.807) is 18.9 Å². The van der Waals surface area contributed by atoms with Crippen molar-refractivity contribution < 1.29 is 9.47 Å². The minimum absolute atomic E-state index is 0.396. The third-order valence-electron chi connectivity index (χ3n) is 4.34. The van der Waals surface area contributed by atoms with E-state index in [0.717, 1.165) is 33.8 Å². The van der Waals surface area contributed by atoms with Crippen LogP contribution in [0.15, 0.2) is 47.6 Å². The highest BCUT2D eigenvalue weighted by Gasteiger charge is 2.11. The van der Waals surface area contributed by atoms with Crippen LogP contribution in [0.25, 0.3) is 0 Å². The molecule has 0 N–H and O–H groups in total. The van der Waals surface area contributed by atoms with Gasteiger partial charge in [-0.3, -0.25) is 0 Å². The molecule has 5 nitrogen and oxygen atoms in total. The Bertz CT molecular complexity index is 893. The van der Waals surface area contributed by atoms with Gasteiger partial charge < -0.3 is 14.0 Å². The fourth-order valence-corrected chi connectivity index (χ4v) is 3.40. The standard InChI is InChI=1S/C20H23N3O2S/c1-14-7-5-10-18(15(14)2)25-12-19-21-22-20(23(19)3)26-13-16-8-6-9-17(11-16)24-4/h5-11H,12-13H2,1-4H3. The van der Waals surface area contributed by atoms with Gasteiger partial charge in [0.05, 0.1) is 7.11 Å². The van der Waals surface area contributed by atoms with Crippen LogP contribution in [0.4, 0.5) is 0 Å². The van der Waals surface area contributed by atoms with Gasteiger partial charge in [0.15, 0.2) is 11.0 Å². The van der Waals surface area contributed by atoms with Crippen LogP contribution in [-0.2, 0) is 19.4 Å². The summed E-state index contributed by atoms with van der Waals surface area (Å²) in [6.07, 6.45) is 0. The first-order chi connectivity index (χ1) is 12.6. The maximum atomic E-state index is 5.94. The Balaban J connectivity index is 1.63. The van der Waals surface area contributed by atoms with Crippen molar-refractivity contribution in [3.05, 3.63) is 65.0 Å². The van der Waals surface area contributed by atoms with E-state index in [-0.39, 0.29) is 0 Å². The zero-order valence-corrected chi connectivity index (χ0v) is 16.3. The number of hydrogen-bond donors (Lipinski definition) is 0. The summed E-state index contributed by atoms with van der Waals surface area (Å²) < 4.78 is 13.2. The Morgan fingerprint density at radius 2 is 1.88 bits per heavy atom. The molecule has 0 aliphatic heterocycles. The highest BCUT2D eigenvalue weighted by atomic mass is 32.2. The van der Waals surface area contributed by atoms with Gasteiger partial charge in [0.2, 0.25) is 0 Å². The van der Waals surface area contributed by atoms with Crippen LogP contribution >= 0.6 is 11.8 Å². The van der Waals surface area contributed by atoms with Crippen LogP contribution in [0.2, 0.25) is 0 Å². The van der Waals surface area contributed by atoms with Crippen molar-refractivity contribution in [1.29, 1.82) is 0 Å². The highest BCUT2D eigenvalue weighted by Crippen LogP contribution is 2.25. The molecular weight excluding hydrogens is 346 g/mol. The average molecular weight is 369 g/mol. The maximum Gasteiger partial charge on any atom is 0.191 e. The van der Waals surface area contributed by atoms with Crippen molar-refractivity contribution in [1.82, 2.24) is 14.8 Å². The molecule has 0 amide bonds. The number of hydrogen-bond acceptors (Lipinski definition) is 5. The van der Waals surface area contributed by atoms with E-state index in [1.165, 1.54) is 11.1 Å². The number of benzene rings is 2. The lowest BCUT2D eigenvalue weighted by Crippen LogP contribution is -2.05. The highest BCUT2D eigenvalue weighted by molar-refractivity contribution is 7.98. The van der Waals surface area contributed by atoms with Crippen LogP contribution < -0.4 is 9.47 Å². The van der Waals surface area contributed by atoms with Gasteiger partial charge in [0, 0.05) is 12.8 Å². The number of aryl methyl sites for hydroxylation is 1. The van der Waals surface area contributed by atoms with Crippen molar-refractivity contribution in [3.63, 3.8) is 0 Å². The van der Waals surface area contributed by atoms with E-state index in [9.17, 15) is 0 Å². The van der Waals surface area contributed by atoms with E-state index < -0.39 is 0 Å². The molecule has 3 rings (SSSR count). The Labute approximate surface area is 158 Å². The number of ether oxygens (including phenoxy) is 2. The number of aromatic nitrogens is 3. The minimum atomic E-state index is 0.396. The predicted molar refractivity (Wildman–Crippen MR) is 104 cm³/mol. The van der Waals surface area contributed by atoms with Crippen molar-refractivity contribution >= 4 is 11.8 Å². The normalized spacial score (nSPS) is 10.8. The summed E-state index contributed by atoms with van der Waals surface area (Å²) in [5, 5.41) is 9.43. The molecular formula is C20H23N3O2S. The zero-order valence-electron chi connectivity index (χ0n) is 15.5. The molecule has 0 spiro atoms. The lowest BCUT2D eigenvalue weighted by Gasteiger charge is -2.10. The predicted octanol–water partition coefficient (Wildman–Crippen LogP) is 4.31. The SMILES string of the molecule is COc1cccc(CSc2nnc(COc3cccc(C)c3C)n2C)c1. The fourth-order valence-electron chi connectivity index (χ4n) is 2.53. The molecule has 0 fully saturated rings. The van der Waals surface area contributed by atoms with Crippen LogP contribution in [0, 0.1) is 13.8 Å². The van der Waals surface area contributed by atoms with Crippen LogP contribution in [0.1, 0.15) is 22.5 Å². The molecule has 0 unspecified atom stereocenters. The molecule has 3 aromatic rings. The fraction of sp³-hybridized carbons (Fsp3) is 0.300. The summed E-state index contributed by atoms with van der Waals surface area (Å²) in [6.45, 7) is 4.54. The summed E-state index contributed by atoms with van der Waals surface area (Å²) in [5.41, 5.74) is 3.56. The summed E-state index contributed by atoms with van der Waals surface area (Å²) in [5.74, 6) is 3.36. The number of thioether (sulfide) groups is 1. The second kappa shape index (κ2) is 8.27. The van der Waals surface area contributed by atoms with E-state index >= 15 is 0 Å². The zero-order chi connectivity index (χ0) is 18.5. The monoisotopic (exact) mass is 369 g/mol. The number of nitrogens with zero attached hydrogens (tertiary/aromatic N) is 3. The molecule has 2 aromatic carbocycles. The van der Waals surface area contributed by atoms with Crippen molar-refractivity contribution in [2.75, 3.05) is 7.11 Å². The molecule has 1 aromatic heterocycles. The van der Waals surface area contributed by atoms with Gasteiger partial charge in [-0.25, -0.2) is 0 Å². The topological polar surface area (TPSA) is 49.2 Å². The Hall–Kier alpha value is -2.47. The van der Waals surface area contributed by atoms with Crippen molar-refractivity contribution in [2.45, 2.75) is 31.4 Å². The summed E-state index contributed by atoms with van der Waals surface area (Å²) in [6, 6.07) is 14.1. The molecule has 0 atom stereocenters. The van der Waals surface area contributed by atoms with Gasteiger partial charge in [-0.2, -0.15) is 0 Å². The summed E-state index contributed by atoms with van der Waals surface area (Å²) >= 11 is 1.65. The quantitative estimate of drug-likeness (QED) is 0.581. The first-order valence-corrected chi connectivity index (χ1v) is 9.40. The van der Waals surface area contributed by atoms with Gasteiger partial charge in [-0.05, 0) is 48.7 Å². The first kappa shape index (κ1) is 18.3. The number of methoxy groups -OCH3 is 1. The third kappa shape index (κ3) is 4.19. The van der Waals surface area contributed by atoms with Gasteiger partial charge in [-0.15, -0.1) is 10.2 Å². The molecule has 136 valence electrons. The Kier molecular flexibility index (Phi) is 5.83. The minimum Gasteiger partial charge on any atom is -0.497 e. The molecule has 26 heavy (non-hydrogen) atoms. The van der Waals surface area contributed by atoms with Gasteiger partial charge in [0.25, 0.3) is 0 Å². The molecule has 6 heteroatoms. The largest absolute Gasteiger partial charge is 0.497 e. The molecule has 0 aliphatic rings. The van der Waals surface area contributed by atoms with Gasteiger partial charge in [0.1, 0.15) is 18.1 Å².